The minimum atomic E-state index is 0.756. The van der Waals surface area contributed by atoms with Crippen molar-refractivity contribution in [1.29, 1.82) is 0 Å². The molecule has 0 atom stereocenters. The first-order chi connectivity index (χ1) is 7.34. The number of halogens is 1. The van der Waals surface area contributed by atoms with Crippen molar-refractivity contribution in [3.8, 4) is 0 Å². The van der Waals surface area contributed by atoms with Crippen molar-refractivity contribution in [3.63, 3.8) is 0 Å². The molecule has 1 aromatic carbocycles. The van der Waals surface area contributed by atoms with Crippen LogP contribution in [0.15, 0.2) is 29.3 Å². The number of aliphatic imine (C=N–C) groups is 1. The molecular weight excluding hydrogens is 210 g/mol. The molecule has 2 rings (SSSR count). The first-order valence-electron chi connectivity index (χ1n) is 5.11. The summed E-state index contributed by atoms with van der Waals surface area (Å²) in [7, 11) is 0. The second kappa shape index (κ2) is 5.03. The maximum absolute atomic E-state index is 5.89. The van der Waals surface area contributed by atoms with E-state index in [1.807, 2.05) is 24.3 Å². The molecule has 3 nitrogen and oxygen atoms in total. The number of benzene rings is 1. The van der Waals surface area contributed by atoms with Gasteiger partial charge in [0, 0.05) is 24.7 Å². The topological polar surface area (TPSA) is 36.4 Å². The van der Waals surface area contributed by atoms with Crippen molar-refractivity contribution in [2.45, 2.75) is 13.0 Å². The second-order valence-electron chi connectivity index (χ2n) is 3.49. The molecule has 0 radical (unpaired) electrons. The monoisotopic (exact) mass is 223 g/mol. The molecule has 0 amide bonds. The summed E-state index contributed by atoms with van der Waals surface area (Å²) in [6.07, 6.45) is 1.11. The van der Waals surface area contributed by atoms with Gasteiger partial charge in [0.1, 0.15) is 0 Å². The zero-order chi connectivity index (χ0) is 10.5. The Kier molecular flexibility index (Phi) is 3.45. The van der Waals surface area contributed by atoms with Gasteiger partial charge in [0.05, 0.1) is 0 Å². The highest BCUT2D eigenvalue weighted by Gasteiger charge is 2.02. The van der Waals surface area contributed by atoms with E-state index in [9.17, 15) is 0 Å². The maximum Gasteiger partial charge on any atom is 0.191 e. The molecule has 1 aromatic rings. The lowest BCUT2D eigenvalue weighted by Gasteiger charge is -2.15. The molecule has 2 N–H and O–H groups in total. The fourth-order valence-electron chi connectivity index (χ4n) is 1.48. The first kappa shape index (κ1) is 10.3. The lowest BCUT2D eigenvalue weighted by molar-refractivity contribution is 0.702. The van der Waals surface area contributed by atoms with Crippen molar-refractivity contribution >= 4 is 17.6 Å². The summed E-state index contributed by atoms with van der Waals surface area (Å²) in [6, 6.07) is 7.83. The lowest BCUT2D eigenvalue weighted by Crippen LogP contribution is -2.40. The Balaban J connectivity index is 1.90. The van der Waals surface area contributed by atoms with Gasteiger partial charge in [0.2, 0.25) is 0 Å². The van der Waals surface area contributed by atoms with Gasteiger partial charge in [-0.2, -0.15) is 0 Å². The fraction of sp³-hybridized carbons (Fsp3) is 0.364. The van der Waals surface area contributed by atoms with Crippen LogP contribution < -0.4 is 10.6 Å². The molecule has 1 heterocycles. The number of hydrogen-bond acceptors (Lipinski definition) is 3. The molecule has 0 saturated carbocycles. The van der Waals surface area contributed by atoms with Crippen molar-refractivity contribution < 1.29 is 0 Å². The zero-order valence-electron chi connectivity index (χ0n) is 8.46. The Morgan fingerprint density at radius 3 is 3.13 bits per heavy atom. The molecule has 0 aliphatic carbocycles. The highest BCUT2D eigenvalue weighted by atomic mass is 35.5. The molecule has 1 aliphatic heterocycles. The number of guanidine groups is 1. The van der Waals surface area contributed by atoms with E-state index in [1.54, 1.807) is 0 Å². The Morgan fingerprint density at radius 2 is 2.40 bits per heavy atom. The van der Waals surface area contributed by atoms with Gasteiger partial charge in [-0.15, -0.1) is 0 Å². The van der Waals surface area contributed by atoms with Crippen LogP contribution in [0.3, 0.4) is 0 Å². The Hall–Kier alpha value is -1.22. The van der Waals surface area contributed by atoms with E-state index in [-0.39, 0.29) is 0 Å². The molecular formula is C11H14ClN3. The molecule has 80 valence electrons. The number of nitrogens with one attached hydrogen (secondary N) is 2. The van der Waals surface area contributed by atoms with Crippen LogP contribution in [0.4, 0.5) is 0 Å². The normalized spacial score (nSPS) is 15.4. The molecule has 15 heavy (non-hydrogen) atoms. The van der Waals surface area contributed by atoms with Gasteiger partial charge in [0.15, 0.2) is 5.96 Å². The van der Waals surface area contributed by atoms with Crippen LogP contribution in [-0.2, 0) is 6.54 Å². The van der Waals surface area contributed by atoms with Crippen LogP contribution in [0.25, 0.3) is 0 Å². The average Bonchev–Trinajstić information content (AvgIpc) is 2.28. The number of nitrogens with zero attached hydrogens (tertiary/aromatic N) is 1. The summed E-state index contributed by atoms with van der Waals surface area (Å²) in [6.45, 7) is 2.67. The van der Waals surface area contributed by atoms with Gasteiger partial charge in [0.25, 0.3) is 0 Å². The van der Waals surface area contributed by atoms with E-state index < -0.39 is 0 Å². The van der Waals surface area contributed by atoms with Gasteiger partial charge >= 0.3 is 0 Å². The third kappa shape index (κ3) is 3.13. The second-order valence-corrected chi connectivity index (χ2v) is 3.93. The van der Waals surface area contributed by atoms with Crippen LogP contribution in [-0.4, -0.2) is 19.0 Å². The van der Waals surface area contributed by atoms with Crippen LogP contribution >= 0.6 is 11.6 Å². The summed E-state index contributed by atoms with van der Waals surface area (Å²) in [4.78, 5) is 4.33. The predicted molar refractivity (Wildman–Crippen MR) is 63.2 cm³/mol. The average molecular weight is 224 g/mol. The van der Waals surface area contributed by atoms with E-state index >= 15 is 0 Å². The van der Waals surface area contributed by atoms with E-state index in [4.69, 9.17) is 11.6 Å². The van der Waals surface area contributed by atoms with Gasteiger partial charge in [-0.25, -0.2) is 0 Å². The molecule has 0 bridgehead atoms. The molecule has 0 aromatic heterocycles. The third-order valence-corrected chi connectivity index (χ3v) is 2.48. The van der Waals surface area contributed by atoms with Crippen LogP contribution in [0, 0.1) is 0 Å². The van der Waals surface area contributed by atoms with Gasteiger partial charge in [-0.05, 0) is 24.1 Å². The highest BCUT2D eigenvalue weighted by Crippen LogP contribution is 2.10. The lowest BCUT2D eigenvalue weighted by atomic mass is 10.2. The van der Waals surface area contributed by atoms with Crippen molar-refractivity contribution in [3.05, 3.63) is 34.9 Å². The first-order valence-corrected chi connectivity index (χ1v) is 5.49. The smallest absolute Gasteiger partial charge is 0.191 e. The number of hydrogen-bond donors (Lipinski definition) is 2. The minimum absolute atomic E-state index is 0.756. The molecule has 0 spiro atoms. The summed E-state index contributed by atoms with van der Waals surface area (Å²) in [5.41, 5.74) is 1.16. The van der Waals surface area contributed by atoms with E-state index in [0.29, 0.717) is 0 Å². The molecule has 0 fully saturated rings. The highest BCUT2D eigenvalue weighted by molar-refractivity contribution is 6.30. The SMILES string of the molecule is Clc1cccc(CNC2=NCCCN2)c1. The Bertz CT molecular complexity index is 363. The minimum Gasteiger partial charge on any atom is -0.356 e. The molecule has 0 saturated heterocycles. The Morgan fingerprint density at radius 1 is 1.47 bits per heavy atom. The summed E-state index contributed by atoms with van der Waals surface area (Å²) >= 11 is 5.89. The molecule has 1 aliphatic rings. The van der Waals surface area contributed by atoms with Crippen molar-refractivity contribution in [2.75, 3.05) is 13.1 Å². The predicted octanol–water partition coefficient (Wildman–Crippen LogP) is 1.78. The zero-order valence-corrected chi connectivity index (χ0v) is 9.22. The van der Waals surface area contributed by atoms with Crippen molar-refractivity contribution in [2.24, 2.45) is 4.99 Å². The number of rotatable bonds is 2. The van der Waals surface area contributed by atoms with E-state index in [1.165, 1.54) is 0 Å². The fourth-order valence-corrected chi connectivity index (χ4v) is 1.70. The van der Waals surface area contributed by atoms with Gasteiger partial charge < -0.3 is 10.6 Å². The molecule has 4 heteroatoms. The van der Waals surface area contributed by atoms with Crippen LogP contribution in [0.1, 0.15) is 12.0 Å². The van der Waals surface area contributed by atoms with E-state index in [0.717, 1.165) is 42.6 Å². The largest absolute Gasteiger partial charge is 0.356 e. The molecule has 0 unspecified atom stereocenters. The van der Waals surface area contributed by atoms with Crippen LogP contribution in [0.2, 0.25) is 5.02 Å². The standard InChI is InChI=1S/C11H14ClN3/c12-10-4-1-3-9(7-10)8-15-11-13-5-2-6-14-11/h1,3-4,7H,2,5-6,8H2,(H2,13,14,15). The van der Waals surface area contributed by atoms with Gasteiger partial charge in [-0.3, -0.25) is 4.99 Å². The third-order valence-electron chi connectivity index (χ3n) is 2.25. The van der Waals surface area contributed by atoms with E-state index in [2.05, 4.69) is 15.6 Å². The summed E-state index contributed by atoms with van der Waals surface area (Å²) in [5.74, 6) is 0.890. The summed E-state index contributed by atoms with van der Waals surface area (Å²) in [5, 5.41) is 7.23. The maximum atomic E-state index is 5.89. The van der Waals surface area contributed by atoms with Gasteiger partial charge in [-0.1, -0.05) is 23.7 Å². The van der Waals surface area contributed by atoms with Crippen LogP contribution in [0.5, 0.6) is 0 Å². The van der Waals surface area contributed by atoms with Crippen molar-refractivity contribution in [1.82, 2.24) is 10.6 Å². The summed E-state index contributed by atoms with van der Waals surface area (Å²) < 4.78 is 0. The quantitative estimate of drug-likeness (QED) is 0.802. The Labute approximate surface area is 94.5 Å².